The molecule has 5 nitrogen and oxygen atoms in total. The number of hydrogen-bond acceptors (Lipinski definition) is 2. The summed E-state index contributed by atoms with van der Waals surface area (Å²) in [7, 11) is 0. The summed E-state index contributed by atoms with van der Waals surface area (Å²) < 4.78 is 0. The van der Waals surface area contributed by atoms with Gasteiger partial charge in [-0.1, -0.05) is 13.3 Å². The number of rotatable bonds is 6. The third kappa shape index (κ3) is 4.94. The first kappa shape index (κ1) is 14.8. The van der Waals surface area contributed by atoms with Crippen LogP contribution in [0.4, 0.5) is 4.79 Å². The molecule has 1 fully saturated rings. The first-order chi connectivity index (χ1) is 8.52. The van der Waals surface area contributed by atoms with Gasteiger partial charge in [-0.15, -0.1) is 0 Å². The highest BCUT2D eigenvalue weighted by molar-refractivity contribution is 5.75. The maximum Gasteiger partial charge on any atom is 0.317 e. The zero-order chi connectivity index (χ0) is 13.5. The van der Waals surface area contributed by atoms with E-state index < -0.39 is 5.97 Å². The maximum atomic E-state index is 11.8. The Morgan fingerprint density at radius 1 is 1.39 bits per heavy atom. The minimum atomic E-state index is -0.870. The van der Waals surface area contributed by atoms with Gasteiger partial charge in [0, 0.05) is 19.6 Å². The van der Waals surface area contributed by atoms with Crippen LogP contribution in [-0.2, 0) is 4.79 Å². The Morgan fingerprint density at radius 3 is 2.61 bits per heavy atom. The van der Waals surface area contributed by atoms with Crippen molar-refractivity contribution in [3.63, 3.8) is 0 Å². The highest BCUT2D eigenvalue weighted by atomic mass is 16.4. The van der Waals surface area contributed by atoms with E-state index in [0.717, 1.165) is 5.92 Å². The number of carbonyl (C=O) groups excluding carboxylic acids is 1. The number of hydrogen-bond donors (Lipinski definition) is 2. The molecule has 2 amide bonds. The van der Waals surface area contributed by atoms with Gasteiger partial charge >= 0.3 is 12.0 Å². The summed E-state index contributed by atoms with van der Waals surface area (Å²) in [6, 6.07) is -0.140. The Labute approximate surface area is 109 Å². The molecule has 104 valence electrons. The number of amides is 2. The standard InChI is InChI=1S/C13H24N2O3/c1-3-15(7-6-12(16)17)13(18)14-9-11-5-4-10(2)8-11/h10-11H,3-9H2,1-2H3,(H,14,18)(H,16,17). The van der Waals surface area contributed by atoms with E-state index in [2.05, 4.69) is 12.2 Å². The van der Waals surface area contributed by atoms with E-state index in [4.69, 9.17) is 5.11 Å². The van der Waals surface area contributed by atoms with Crippen LogP contribution in [0.1, 0.15) is 39.5 Å². The molecule has 1 aliphatic rings. The molecule has 0 saturated heterocycles. The second kappa shape index (κ2) is 7.24. The molecular formula is C13H24N2O3. The van der Waals surface area contributed by atoms with Crippen molar-refractivity contribution in [2.24, 2.45) is 11.8 Å². The van der Waals surface area contributed by atoms with Crippen molar-refractivity contribution in [2.45, 2.75) is 39.5 Å². The Hall–Kier alpha value is -1.26. The van der Waals surface area contributed by atoms with Gasteiger partial charge in [-0.05, 0) is 31.6 Å². The minimum absolute atomic E-state index is 0.00171. The van der Waals surface area contributed by atoms with Crippen LogP contribution in [0.3, 0.4) is 0 Å². The Kier molecular flexibility index (Phi) is 5.95. The van der Waals surface area contributed by atoms with E-state index in [0.29, 0.717) is 19.0 Å². The quantitative estimate of drug-likeness (QED) is 0.763. The number of carboxylic acid groups (broad SMARTS) is 1. The zero-order valence-electron chi connectivity index (χ0n) is 11.3. The van der Waals surface area contributed by atoms with Crippen molar-refractivity contribution in [1.82, 2.24) is 10.2 Å². The summed E-state index contributed by atoms with van der Waals surface area (Å²) in [6.07, 6.45) is 3.61. The van der Waals surface area contributed by atoms with Gasteiger partial charge in [0.25, 0.3) is 0 Å². The first-order valence-electron chi connectivity index (χ1n) is 6.77. The lowest BCUT2D eigenvalue weighted by molar-refractivity contribution is -0.137. The molecule has 0 aromatic rings. The fourth-order valence-electron chi connectivity index (χ4n) is 2.49. The van der Waals surface area contributed by atoms with E-state index in [9.17, 15) is 9.59 Å². The molecule has 0 aliphatic heterocycles. The van der Waals surface area contributed by atoms with Gasteiger partial charge < -0.3 is 15.3 Å². The molecule has 2 unspecified atom stereocenters. The Balaban J connectivity index is 2.26. The molecule has 1 saturated carbocycles. The van der Waals surface area contributed by atoms with Crippen LogP contribution in [0.5, 0.6) is 0 Å². The van der Waals surface area contributed by atoms with Crippen molar-refractivity contribution >= 4 is 12.0 Å². The Morgan fingerprint density at radius 2 is 2.11 bits per heavy atom. The van der Waals surface area contributed by atoms with Crippen molar-refractivity contribution in [1.29, 1.82) is 0 Å². The lowest BCUT2D eigenvalue weighted by atomic mass is 10.1. The van der Waals surface area contributed by atoms with E-state index in [1.54, 1.807) is 4.90 Å². The van der Waals surface area contributed by atoms with Crippen molar-refractivity contribution in [3.8, 4) is 0 Å². The van der Waals surface area contributed by atoms with Gasteiger partial charge in [-0.3, -0.25) is 4.79 Å². The third-order valence-electron chi connectivity index (χ3n) is 3.61. The first-order valence-corrected chi connectivity index (χ1v) is 6.77. The van der Waals surface area contributed by atoms with Crippen LogP contribution in [-0.4, -0.2) is 41.6 Å². The van der Waals surface area contributed by atoms with E-state index in [1.165, 1.54) is 19.3 Å². The average Bonchev–Trinajstić information content (AvgIpc) is 2.73. The van der Waals surface area contributed by atoms with Crippen LogP contribution in [0.15, 0.2) is 0 Å². The topological polar surface area (TPSA) is 69.6 Å². The van der Waals surface area contributed by atoms with E-state index in [1.807, 2.05) is 6.92 Å². The summed E-state index contributed by atoms with van der Waals surface area (Å²) in [5.74, 6) is 0.481. The smallest absolute Gasteiger partial charge is 0.317 e. The molecule has 0 radical (unpaired) electrons. The monoisotopic (exact) mass is 256 g/mol. The second-order valence-electron chi connectivity index (χ2n) is 5.19. The number of nitrogens with one attached hydrogen (secondary N) is 1. The van der Waals surface area contributed by atoms with Crippen LogP contribution in [0.25, 0.3) is 0 Å². The Bertz CT molecular complexity index is 294. The summed E-state index contributed by atoms with van der Waals surface area (Å²) in [5, 5.41) is 11.5. The molecule has 0 aromatic carbocycles. The van der Waals surface area contributed by atoms with Crippen molar-refractivity contribution < 1.29 is 14.7 Å². The predicted molar refractivity (Wildman–Crippen MR) is 69.4 cm³/mol. The van der Waals surface area contributed by atoms with Crippen LogP contribution in [0, 0.1) is 11.8 Å². The molecule has 0 aromatic heterocycles. The van der Waals surface area contributed by atoms with Crippen LogP contribution in [0.2, 0.25) is 0 Å². The molecule has 2 atom stereocenters. The van der Waals surface area contributed by atoms with E-state index in [-0.39, 0.29) is 19.0 Å². The second-order valence-corrected chi connectivity index (χ2v) is 5.19. The van der Waals surface area contributed by atoms with Crippen LogP contribution >= 0.6 is 0 Å². The predicted octanol–water partition coefficient (Wildman–Crippen LogP) is 1.93. The molecule has 1 rings (SSSR count). The fraction of sp³-hybridized carbons (Fsp3) is 0.846. The normalized spacial score (nSPS) is 22.8. The molecule has 0 bridgehead atoms. The molecule has 0 spiro atoms. The van der Waals surface area contributed by atoms with Crippen LogP contribution < -0.4 is 5.32 Å². The van der Waals surface area contributed by atoms with Gasteiger partial charge in [-0.25, -0.2) is 4.79 Å². The summed E-state index contributed by atoms with van der Waals surface area (Å²) in [6.45, 7) is 5.64. The highest BCUT2D eigenvalue weighted by Gasteiger charge is 2.22. The maximum absolute atomic E-state index is 11.8. The number of aliphatic carboxylic acids is 1. The number of nitrogens with zero attached hydrogens (tertiary/aromatic N) is 1. The van der Waals surface area contributed by atoms with Gasteiger partial charge in [-0.2, -0.15) is 0 Å². The van der Waals surface area contributed by atoms with Crippen molar-refractivity contribution in [3.05, 3.63) is 0 Å². The summed E-state index contributed by atoms with van der Waals surface area (Å²) in [5.41, 5.74) is 0. The lowest BCUT2D eigenvalue weighted by Crippen LogP contribution is -2.42. The zero-order valence-corrected chi connectivity index (χ0v) is 11.3. The molecule has 18 heavy (non-hydrogen) atoms. The fourth-order valence-corrected chi connectivity index (χ4v) is 2.49. The van der Waals surface area contributed by atoms with Gasteiger partial charge in [0.15, 0.2) is 0 Å². The molecule has 2 N–H and O–H groups in total. The molecule has 5 heteroatoms. The molecule has 1 aliphatic carbocycles. The number of urea groups is 1. The molecular weight excluding hydrogens is 232 g/mol. The lowest BCUT2D eigenvalue weighted by Gasteiger charge is -2.21. The SMILES string of the molecule is CCN(CCC(=O)O)C(=O)NCC1CCC(C)C1. The number of carboxylic acids is 1. The summed E-state index contributed by atoms with van der Waals surface area (Å²) >= 11 is 0. The average molecular weight is 256 g/mol. The van der Waals surface area contributed by atoms with Crippen molar-refractivity contribution in [2.75, 3.05) is 19.6 Å². The van der Waals surface area contributed by atoms with Gasteiger partial charge in [0.05, 0.1) is 6.42 Å². The number of carbonyl (C=O) groups is 2. The highest BCUT2D eigenvalue weighted by Crippen LogP contribution is 2.29. The van der Waals surface area contributed by atoms with Gasteiger partial charge in [0.1, 0.15) is 0 Å². The third-order valence-corrected chi connectivity index (χ3v) is 3.61. The largest absolute Gasteiger partial charge is 0.481 e. The minimum Gasteiger partial charge on any atom is -0.481 e. The van der Waals surface area contributed by atoms with Gasteiger partial charge in [0.2, 0.25) is 0 Å². The molecule has 0 heterocycles. The van der Waals surface area contributed by atoms with E-state index >= 15 is 0 Å². The summed E-state index contributed by atoms with van der Waals surface area (Å²) in [4.78, 5) is 23.9.